The second kappa shape index (κ2) is 4.69. The van der Waals surface area contributed by atoms with E-state index in [1.165, 1.54) is 25.2 Å². The lowest BCUT2D eigenvalue weighted by molar-refractivity contribution is 0.0696. The molecule has 0 amide bonds. The molecule has 1 fully saturated rings. The first-order valence-electron chi connectivity index (χ1n) is 5.90. The van der Waals surface area contributed by atoms with Gasteiger partial charge in [0.05, 0.1) is 5.56 Å². The number of carbonyl (C=O) groups is 1. The van der Waals surface area contributed by atoms with Crippen molar-refractivity contribution in [3.8, 4) is 0 Å². The number of aromatic carboxylic acids is 1. The standard InChI is InChI=1S/C12H17N3O2/c1-8(2)7-15(10-3-4-10)12-13-5-9(6-14-12)11(16)17/h5-6,8,10H,3-4,7H2,1-2H3,(H,16,17). The van der Waals surface area contributed by atoms with Gasteiger partial charge in [-0.05, 0) is 18.8 Å². The van der Waals surface area contributed by atoms with Crippen LogP contribution in [0.1, 0.15) is 37.0 Å². The van der Waals surface area contributed by atoms with Gasteiger partial charge in [0.25, 0.3) is 0 Å². The lowest BCUT2D eigenvalue weighted by Gasteiger charge is -2.24. The number of anilines is 1. The SMILES string of the molecule is CC(C)CN(c1ncc(C(=O)O)cn1)C1CC1. The molecule has 5 heteroatoms. The van der Waals surface area contributed by atoms with Gasteiger partial charge in [-0.15, -0.1) is 0 Å². The molecule has 1 heterocycles. The van der Waals surface area contributed by atoms with Gasteiger partial charge >= 0.3 is 5.97 Å². The summed E-state index contributed by atoms with van der Waals surface area (Å²) in [7, 11) is 0. The summed E-state index contributed by atoms with van der Waals surface area (Å²) in [6.07, 6.45) is 5.11. The Labute approximate surface area is 100 Å². The molecule has 0 bridgehead atoms. The number of nitrogens with zero attached hydrogens (tertiary/aromatic N) is 3. The minimum Gasteiger partial charge on any atom is -0.478 e. The van der Waals surface area contributed by atoms with Gasteiger partial charge in [0.1, 0.15) is 0 Å². The first-order chi connectivity index (χ1) is 8.08. The summed E-state index contributed by atoms with van der Waals surface area (Å²) in [5.41, 5.74) is 0.133. The molecular weight excluding hydrogens is 218 g/mol. The largest absolute Gasteiger partial charge is 0.478 e. The summed E-state index contributed by atoms with van der Waals surface area (Å²) in [5.74, 6) is 0.197. The number of aromatic nitrogens is 2. The van der Waals surface area contributed by atoms with Crippen LogP contribution < -0.4 is 4.90 Å². The van der Waals surface area contributed by atoms with Gasteiger partial charge in [0.15, 0.2) is 0 Å². The fourth-order valence-electron chi connectivity index (χ4n) is 1.75. The van der Waals surface area contributed by atoms with E-state index in [0.717, 1.165) is 6.54 Å². The van der Waals surface area contributed by atoms with E-state index in [9.17, 15) is 4.79 Å². The molecule has 1 aromatic heterocycles. The zero-order valence-corrected chi connectivity index (χ0v) is 10.1. The third-order valence-electron chi connectivity index (χ3n) is 2.69. The van der Waals surface area contributed by atoms with E-state index in [0.29, 0.717) is 17.9 Å². The Kier molecular flexibility index (Phi) is 3.26. The topological polar surface area (TPSA) is 66.3 Å². The van der Waals surface area contributed by atoms with Crippen molar-refractivity contribution in [3.05, 3.63) is 18.0 Å². The fourth-order valence-corrected chi connectivity index (χ4v) is 1.75. The summed E-state index contributed by atoms with van der Waals surface area (Å²) in [4.78, 5) is 21.2. The smallest absolute Gasteiger partial charge is 0.338 e. The van der Waals surface area contributed by atoms with Gasteiger partial charge in [-0.1, -0.05) is 13.8 Å². The highest BCUT2D eigenvalue weighted by atomic mass is 16.4. The van der Waals surface area contributed by atoms with Crippen LogP contribution in [0.15, 0.2) is 12.4 Å². The first-order valence-corrected chi connectivity index (χ1v) is 5.90. The molecule has 1 aliphatic carbocycles. The van der Waals surface area contributed by atoms with Crippen LogP contribution in [0.3, 0.4) is 0 Å². The third kappa shape index (κ3) is 2.93. The number of hydrogen-bond acceptors (Lipinski definition) is 4. The number of hydrogen-bond donors (Lipinski definition) is 1. The second-order valence-electron chi connectivity index (χ2n) is 4.85. The molecule has 0 aliphatic heterocycles. The van der Waals surface area contributed by atoms with Gasteiger partial charge in [0.2, 0.25) is 5.95 Å². The molecule has 1 aliphatic rings. The molecule has 0 aromatic carbocycles. The van der Waals surface area contributed by atoms with Crippen molar-refractivity contribution in [1.29, 1.82) is 0 Å². The van der Waals surface area contributed by atoms with Crippen molar-refractivity contribution >= 4 is 11.9 Å². The average Bonchev–Trinajstić information content (AvgIpc) is 3.09. The molecule has 17 heavy (non-hydrogen) atoms. The Morgan fingerprint density at radius 3 is 2.47 bits per heavy atom. The van der Waals surface area contributed by atoms with E-state index in [2.05, 4.69) is 28.7 Å². The van der Waals surface area contributed by atoms with Crippen molar-refractivity contribution in [2.24, 2.45) is 5.92 Å². The van der Waals surface area contributed by atoms with Gasteiger partial charge in [-0.2, -0.15) is 0 Å². The average molecular weight is 235 g/mol. The van der Waals surface area contributed by atoms with Gasteiger partial charge in [0, 0.05) is 25.0 Å². The Bertz CT molecular complexity index is 399. The maximum atomic E-state index is 10.7. The summed E-state index contributed by atoms with van der Waals surface area (Å²) in [5, 5.41) is 8.79. The van der Waals surface area contributed by atoms with E-state index >= 15 is 0 Å². The number of rotatable bonds is 5. The van der Waals surface area contributed by atoms with E-state index in [1.807, 2.05) is 0 Å². The van der Waals surface area contributed by atoms with Crippen LogP contribution >= 0.6 is 0 Å². The van der Waals surface area contributed by atoms with Crippen LogP contribution in [0.5, 0.6) is 0 Å². The monoisotopic (exact) mass is 235 g/mol. The molecule has 1 saturated carbocycles. The van der Waals surface area contributed by atoms with E-state index in [4.69, 9.17) is 5.11 Å². The van der Waals surface area contributed by atoms with E-state index < -0.39 is 5.97 Å². The molecule has 1 aromatic rings. The number of carboxylic acid groups (broad SMARTS) is 1. The third-order valence-corrected chi connectivity index (χ3v) is 2.69. The van der Waals surface area contributed by atoms with Gasteiger partial charge in [-0.3, -0.25) is 0 Å². The lowest BCUT2D eigenvalue weighted by atomic mass is 10.2. The zero-order chi connectivity index (χ0) is 12.4. The molecule has 1 N–H and O–H groups in total. The molecule has 92 valence electrons. The van der Waals surface area contributed by atoms with Crippen LogP contribution in [0.4, 0.5) is 5.95 Å². The van der Waals surface area contributed by atoms with Crippen molar-refractivity contribution in [2.45, 2.75) is 32.7 Å². The molecular formula is C12H17N3O2. The molecule has 0 radical (unpaired) electrons. The Morgan fingerprint density at radius 1 is 1.47 bits per heavy atom. The Hall–Kier alpha value is -1.65. The molecule has 0 spiro atoms. The maximum absolute atomic E-state index is 10.7. The quantitative estimate of drug-likeness (QED) is 0.843. The van der Waals surface area contributed by atoms with Gasteiger partial charge < -0.3 is 10.0 Å². The minimum atomic E-state index is -0.988. The van der Waals surface area contributed by atoms with Crippen molar-refractivity contribution < 1.29 is 9.90 Å². The van der Waals surface area contributed by atoms with Crippen LogP contribution in [-0.2, 0) is 0 Å². The maximum Gasteiger partial charge on any atom is 0.338 e. The second-order valence-corrected chi connectivity index (χ2v) is 4.85. The van der Waals surface area contributed by atoms with Crippen LogP contribution in [0.2, 0.25) is 0 Å². The van der Waals surface area contributed by atoms with Crippen LogP contribution in [-0.4, -0.2) is 33.6 Å². The van der Waals surface area contributed by atoms with Crippen molar-refractivity contribution in [1.82, 2.24) is 9.97 Å². The summed E-state index contributed by atoms with van der Waals surface area (Å²) < 4.78 is 0. The Morgan fingerprint density at radius 2 is 2.06 bits per heavy atom. The van der Waals surface area contributed by atoms with E-state index in [-0.39, 0.29) is 5.56 Å². The molecule has 0 saturated heterocycles. The summed E-state index contributed by atoms with van der Waals surface area (Å²) in [6, 6.07) is 0.535. The van der Waals surface area contributed by atoms with Crippen molar-refractivity contribution in [2.75, 3.05) is 11.4 Å². The van der Waals surface area contributed by atoms with Gasteiger partial charge in [-0.25, -0.2) is 14.8 Å². The van der Waals surface area contributed by atoms with Crippen LogP contribution in [0, 0.1) is 5.92 Å². The molecule has 5 nitrogen and oxygen atoms in total. The van der Waals surface area contributed by atoms with E-state index in [1.54, 1.807) is 0 Å². The number of carboxylic acids is 1. The highest BCUT2D eigenvalue weighted by molar-refractivity contribution is 5.86. The normalized spacial score (nSPS) is 15.0. The predicted octanol–water partition coefficient (Wildman–Crippen LogP) is 1.80. The summed E-state index contributed by atoms with van der Waals surface area (Å²) in [6.45, 7) is 5.22. The lowest BCUT2D eigenvalue weighted by Crippen LogP contribution is -2.31. The molecule has 0 atom stereocenters. The minimum absolute atomic E-state index is 0.133. The highest BCUT2D eigenvalue weighted by Gasteiger charge is 2.31. The fraction of sp³-hybridized carbons (Fsp3) is 0.583. The molecule has 2 rings (SSSR count). The first kappa shape index (κ1) is 11.8. The predicted molar refractivity (Wildman–Crippen MR) is 64.2 cm³/mol. The Balaban J connectivity index is 2.15. The summed E-state index contributed by atoms with van der Waals surface area (Å²) >= 11 is 0. The van der Waals surface area contributed by atoms with Crippen molar-refractivity contribution in [3.63, 3.8) is 0 Å². The highest BCUT2D eigenvalue weighted by Crippen LogP contribution is 2.30. The molecule has 0 unspecified atom stereocenters. The van der Waals surface area contributed by atoms with Crippen LogP contribution in [0.25, 0.3) is 0 Å². The zero-order valence-electron chi connectivity index (χ0n) is 10.1.